The minimum absolute atomic E-state index is 0.0501. The molecule has 2 rings (SSSR count). The molecule has 0 spiro atoms. The molecule has 5 heteroatoms. The lowest BCUT2D eigenvalue weighted by Crippen LogP contribution is -2.25. The Morgan fingerprint density at radius 1 is 0.800 bits per heavy atom. The van der Waals surface area contributed by atoms with Crippen LogP contribution in [-0.2, 0) is 12.8 Å². The van der Waals surface area contributed by atoms with Crippen LogP contribution in [0.3, 0.4) is 0 Å². The highest BCUT2D eigenvalue weighted by molar-refractivity contribution is 6.42. The van der Waals surface area contributed by atoms with Crippen LogP contribution >= 0.6 is 46.4 Å². The van der Waals surface area contributed by atoms with E-state index in [4.69, 9.17) is 52.1 Å². The van der Waals surface area contributed by atoms with Crippen LogP contribution in [-0.4, -0.2) is 6.04 Å². The summed E-state index contributed by atoms with van der Waals surface area (Å²) < 4.78 is 0. The molecule has 0 bridgehead atoms. The Hall–Kier alpha value is -0.440. The molecule has 0 saturated heterocycles. The predicted octanol–water partition coefficient (Wildman–Crippen LogP) is 5.41. The molecule has 1 unspecified atom stereocenters. The molecule has 2 aromatic carbocycles. The van der Waals surface area contributed by atoms with Gasteiger partial charge < -0.3 is 5.73 Å². The summed E-state index contributed by atoms with van der Waals surface area (Å²) in [7, 11) is 0. The van der Waals surface area contributed by atoms with Crippen LogP contribution in [0.1, 0.15) is 11.1 Å². The Morgan fingerprint density at radius 3 is 2.20 bits per heavy atom. The van der Waals surface area contributed by atoms with Gasteiger partial charge in [0.15, 0.2) is 0 Å². The molecule has 20 heavy (non-hydrogen) atoms. The summed E-state index contributed by atoms with van der Waals surface area (Å²) in [5.41, 5.74) is 8.21. The first-order valence-electron chi connectivity index (χ1n) is 6.09. The smallest absolute Gasteiger partial charge is 0.0595 e. The van der Waals surface area contributed by atoms with Gasteiger partial charge in [-0.15, -0.1) is 0 Å². The number of hydrogen-bond acceptors (Lipinski definition) is 1. The van der Waals surface area contributed by atoms with E-state index in [1.54, 1.807) is 12.1 Å². The number of nitrogens with two attached hydrogens (primary N) is 1. The molecule has 2 N–H and O–H groups in total. The van der Waals surface area contributed by atoms with Crippen molar-refractivity contribution in [2.75, 3.05) is 0 Å². The van der Waals surface area contributed by atoms with Gasteiger partial charge in [0.2, 0.25) is 0 Å². The monoisotopic (exact) mass is 347 g/mol. The minimum atomic E-state index is -0.0501. The quantitative estimate of drug-likeness (QED) is 0.785. The van der Waals surface area contributed by atoms with Crippen molar-refractivity contribution < 1.29 is 0 Å². The Kier molecular flexibility index (Phi) is 5.59. The molecule has 0 fully saturated rings. The van der Waals surface area contributed by atoms with Crippen molar-refractivity contribution in [3.05, 3.63) is 67.6 Å². The van der Waals surface area contributed by atoms with Crippen molar-refractivity contribution in [1.82, 2.24) is 0 Å². The molecule has 106 valence electrons. The maximum atomic E-state index is 6.17. The van der Waals surface area contributed by atoms with Gasteiger partial charge in [-0.3, -0.25) is 0 Å². The molecule has 0 aromatic heterocycles. The summed E-state index contributed by atoms with van der Waals surface area (Å²) >= 11 is 23.9. The van der Waals surface area contributed by atoms with Crippen molar-refractivity contribution in [3.8, 4) is 0 Å². The Bertz CT molecular complexity index is 613. The van der Waals surface area contributed by atoms with Crippen LogP contribution in [0.4, 0.5) is 0 Å². The highest BCUT2D eigenvalue weighted by Gasteiger charge is 2.10. The van der Waals surface area contributed by atoms with Crippen LogP contribution in [0.2, 0.25) is 20.1 Å². The minimum Gasteiger partial charge on any atom is -0.327 e. The zero-order valence-electron chi connectivity index (χ0n) is 10.5. The van der Waals surface area contributed by atoms with Crippen molar-refractivity contribution in [1.29, 1.82) is 0 Å². The average molecular weight is 349 g/mol. The van der Waals surface area contributed by atoms with Crippen molar-refractivity contribution in [2.45, 2.75) is 18.9 Å². The normalized spacial score (nSPS) is 12.4. The van der Waals surface area contributed by atoms with Gasteiger partial charge in [-0.2, -0.15) is 0 Å². The number of benzene rings is 2. The van der Waals surface area contributed by atoms with Crippen molar-refractivity contribution in [3.63, 3.8) is 0 Å². The SMILES string of the molecule is NC(Cc1ccc(Cl)c(Cl)c1)Cc1ccc(Cl)cc1Cl. The average Bonchev–Trinajstić information content (AvgIpc) is 2.37. The van der Waals surface area contributed by atoms with E-state index in [1.807, 2.05) is 24.3 Å². The van der Waals surface area contributed by atoms with Gasteiger partial charge in [-0.25, -0.2) is 0 Å². The lowest BCUT2D eigenvalue weighted by molar-refractivity contribution is 0.665. The maximum absolute atomic E-state index is 6.17. The molecular weight excluding hydrogens is 336 g/mol. The van der Waals surface area contributed by atoms with E-state index in [0.717, 1.165) is 11.1 Å². The lowest BCUT2D eigenvalue weighted by atomic mass is 10.00. The van der Waals surface area contributed by atoms with E-state index >= 15 is 0 Å². The molecule has 0 heterocycles. The van der Waals surface area contributed by atoms with Crippen molar-refractivity contribution in [2.24, 2.45) is 5.73 Å². The first-order valence-corrected chi connectivity index (χ1v) is 7.60. The van der Waals surface area contributed by atoms with Crippen LogP contribution < -0.4 is 5.73 Å². The second kappa shape index (κ2) is 7.02. The first kappa shape index (κ1) is 15.9. The largest absolute Gasteiger partial charge is 0.327 e. The van der Waals surface area contributed by atoms with E-state index in [9.17, 15) is 0 Å². The standard InChI is InChI=1S/C15H13Cl4N/c16-11-3-2-10(14(18)8-11)7-12(20)5-9-1-4-13(17)15(19)6-9/h1-4,6,8,12H,5,7,20H2. The van der Waals surface area contributed by atoms with E-state index in [1.165, 1.54) is 0 Å². The molecule has 0 amide bonds. The van der Waals surface area contributed by atoms with Crippen LogP contribution in [0.5, 0.6) is 0 Å². The molecule has 0 radical (unpaired) electrons. The molecule has 1 atom stereocenters. The van der Waals surface area contributed by atoms with E-state index < -0.39 is 0 Å². The van der Waals surface area contributed by atoms with Gasteiger partial charge in [0.25, 0.3) is 0 Å². The number of rotatable bonds is 4. The molecular formula is C15H13Cl4N. The summed E-state index contributed by atoms with van der Waals surface area (Å²) in [4.78, 5) is 0. The van der Waals surface area contributed by atoms with E-state index in [-0.39, 0.29) is 6.04 Å². The maximum Gasteiger partial charge on any atom is 0.0595 e. The second-order valence-electron chi connectivity index (χ2n) is 4.65. The summed E-state index contributed by atoms with van der Waals surface area (Å²) in [6, 6.07) is 10.9. The van der Waals surface area contributed by atoms with Gasteiger partial charge in [-0.05, 0) is 48.2 Å². The first-order chi connectivity index (χ1) is 9.45. The number of halogens is 4. The molecule has 1 nitrogen and oxygen atoms in total. The molecule has 2 aromatic rings. The Labute approximate surface area is 138 Å². The van der Waals surface area contributed by atoms with Gasteiger partial charge >= 0.3 is 0 Å². The van der Waals surface area contributed by atoms with Gasteiger partial charge in [0, 0.05) is 16.1 Å². The lowest BCUT2D eigenvalue weighted by Gasteiger charge is -2.13. The fraction of sp³-hybridized carbons (Fsp3) is 0.200. The predicted molar refractivity (Wildman–Crippen MR) is 88.3 cm³/mol. The summed E-state index contributed by atoms with van der Waals surface area (Å²) in [6.07, 6.45) is 1.38. The highest BCUT2D eigenvalue weighted by Crippen LogP contribution is 2.25. The highest BCUT2D eigenvalue weighted by atomic mass is 35.5. The van der Waals surface area contributed by atoms with Gasteiger partial charge in [0.1, 0.15) is 0 Å². The molecule has 0 aliphatic rings. The summed E-state index contributed by atoms with van der Waals surface area (Å²) in [5.74, 6) is 0. The van der Waals surface area contributed by atoms with Crippen molar-refractivity contribution >= 4 is 46.4 Å². The molecule has 0 aliphatic heterocycles. The third kappa shape index (κ3) is 4.28. The zero-order chi connectivity index (χ0) is 14.7. The fourth-order valence-electron chi connectivity index (χ4n) is 2.01. The Morgan fingerprint density at radius 2 is 1.55 bits per heavy atom. The fourth-order valence-corrected chi connectivity index (χ4v) is 2.82. The second-order valence-corrected chi connectivity index (χ2v) is 6.31. The summed E-state index contributed by atoms with van der Waals surface area (Å²) in [5, 5.41) is 2.35. The van der Waals surface area contributed by atoms with E-state index in [0.29, 0.717) is 32.9 Å². The third-order valence-electron chi connectivity index (χ3n) is 2.98. The van der Waals surface area contributed by atoms with Crippen LogP contribution in [0.15, 0.2) is 36.4 Å². The zero-order valence-corrected chi connectivity index (χ0v) is 13.6. The van der Waals surface area contributed by atoms with Crippen LogP contribution in [0, 0.1) is 0 Å². The topological polar surface area (TPSA) is 26.0 Å². The Balaban J connectivity index is 2.04. The molecule has 0 saturated carbocycles. The number of hydrogen-bond donors (Lipinski definition) is 1. The third-order valence-corrected chi connectivity index (χ3v) is 4.31. The van der Waals surface area contributed by atoms with Gasteiger partial charge in [0.05, 0.1) is 10.0 Å². The summed E-state index contributed by atoms with van der Waals surface area (Å²) in [6.45, 7) is 0. The van der Waals surface area contributed by atoms with Gasteiger partial charge in [-0.1, -0.05) is 58.5 Å². The molecule has 0 aliphatic carbocycles. The van der Waals surface area contributed by atoms with Crippen LogP contribution in [0.25, 0.3) is 0 Å². The van der Waals surface area contributed by atoms with E-state index in [2.05, 4.69) is 0 Å².